The number of carbonyl (C=O) groups is 1. The van der Waals surface area contributed by atoms with Crippen LogP contribution < -0.4 is 10.0 Å². The van der Waals surface area contributed by atoms with Crippen LogP contribution in [0.3, 0.4) is 0 Å². The molecule has 2 N–H and O–H groups in total. The first-order valence-corrected chi connectivity index (χ1v) is 11.0. The van der Waals surface area contributed by atoms with Gasteiger partial charge in [0, 0.05) is 19.2 Å². The number of ether oxygens (including phenoxy) is 1. The fraction of sp³-hybridized carbons (Fsp3) is 0.381. The monoisotopic (exact) mass is 420 g/mol. The second kappa shape index (κ2) is 9.02. The molecule has 29 heavy (non-hydrogen) atoms. The highest BCUT2D eigenvalue weighted by Crippen LogP contribution is 2.39. The number of carbonyl (C=O) groups excluding carboxylic acids is 1. The van der Waals surface area contributed by atoms with E-state index in [0.29, 0.717) is 0 Å². The second-order valence-corrected chi connectivity index (χ2v) is 8.94. The van der Waals surface area contributed by atoms with E-state index in [2.05, 4.69) is 10.0 Å². The second-order valence-electron chi connectivity index (χ2n) is 7.17. The number of sulfonamides is 1. The Morgan fingerprint density at radius 3 is 2.48 bits per heavy atom. The summed E-state index contributed by atoms with van der Waals surface area (Å²) in [5.74, 6) is -0.683. The molecule has 1 aliphatic rings. The molecule has 156 valence electrons. The predicted molar refractivity (Wildman–Crippen MR) is 108 cm³/mol. The Bertz CT molecular complexity index is 955. The summed E-state index contributed by atoms with van der Waals surface area (Å²) < 4.78 is 45.4. The summed E-state index contributed by atoms with van der Waals surface area (Å²) in [5, 5.41) is 3.08. The van der Waals surface area contributed by atoms with Crippen LogP contribution in [0.2, 0.25) is 0 Å². The van der Waals surface area contributed by atoms with Gasteiger partial charge in [-0.05, 0) is 48.7 Å². The van der Waals surface area contributed by atoms with Crippen LogP contribution in [0.15, 0.2) is 53.4 Å². The Balaban J connectivity index is 1.82. The molecule has 0 aliphatic heterocycles. The SMILES string of the molecule is COCCNS(=O)(=O)c1cccc(C(=O)NC2(c3ccc(F)cc3)CCCC2)c1. The maximum absolute atomic E-state index is 13.3. The van der Waals surface area contributed by atoms with Crippen LogP contribution in [0.25, 0.3) is 0 Å². The minimum absolute atomic E-state index is 0.0171. The lowest BCUT2D eigenvalue weighted by atomic mass is 9.87. The largest absolute Gasteiger partial charge is 0.383 e. The van der Waals surface area contributed by atoms with E-state index in [1.807, 2.05) is 0 Å². The van der Waals surface area contributed by atoms with Crippen molar-refractivity contribution in [3.05, 3.63) is 65.5 Å². The molecule has 2 aromatic carbocycles. The van der Waals surface area contributed by atoms with Gasteiger partial charge in [0.25, 0.3) is 5.91 Å². The molecule has 6 nitrogen and oxygen atoms in total. The Labute approximate surface area is 170 Å². The zero-order valence-corrected chi connectivity index (χ0v) is 17.1. The van der Waals surface area contributed by atoms with E-state index in [-0.39, 0.29) is 35.3 Å². The average Bonchev–Trinajstić information content (AvgIpc) is 3.18. The van der Waals surface area contributed by atoms with Crippen molar-refractivity contribution in [2.45, 2.75) is 36.1 Å². The molecular weight excluding hydrogens is 395 g/mol. The van der Waals surface area contributed by atoms with Crippen molar-refractivity contribution in [1.29, 1.82) is 0 Å². The summed E-state index contributed by atoms with van der Waals surface area (Å²) in [7, 11) is -2.25. The smallest absolute Gasteiger partial charge is 0.252 e. The van der Waals surface area contributed by atoms with E-state index in [0.717, 1.165) is 31.2 Å². The first-order chi connectivity index (χ1) is 13.9. The number of halogens is 1. The van der Waals surface area contributed by atoms with E-state index in [9.17, 15) is 17.6 Å². The number of methoxy groups -OCH3 is 1. The van der Waals surface area contributed by atoms with Crippen molar-refractivity contribution < 1.29 is 22.3 Å². The fourth-order valence-electron chi connectivity index (χ4n) is 3.69. The molecule has 0 spiro atoms. The summed E-state index contributed by atoms with van der Waals surface area (Å²) in [6.45, 7) is 0.391. The Morgan fingerprint density at radius 1 is 1.14 bits per heavy atom. The highest BCUT2D eigenvalue weighted by molar-refractivity contribution is 7.89. The summed E-state index contributed by atoms with van der Waals surface area (Å²) >= 11 is 0. The van der Waals surface area contributed by atoms with E-state index in [1.165, 1.54) is 31.4 Å². The van der Waals surface area contributed by atoms with Gasteiger partial charge >= 0.3 is 0 Å². The number of hydrogen-bond donors (Lipinski definition) is 2. The molecule has 1 saturated carbocycles. The molecule has 0 heterocycles. The van der Waals surface area contributed by atoms with E-state index >= 15 is 0 Å². The standard InChI is InChI=1S/C21H25FN2O4S/c1-28-14-13-23-29(26,27)19-6-4-5-16(15-19)20(25)24-21(11-2-3-12-21)17-7-9-18(22)10-8-17/h4-10,15,23H,2-3,11-14H2,1H3,(H,24,25). The summed E-state index contributed by atoms with van der Waals surface area (Å²) in [6, 6.07) is 12.1. The molecule has 0 radical (unpaired) electrons. The molecule has 8 heteroatoms. The maximum atomic E-state index is 13.3. The minimum atomic E-state index is -3.74. The molecular formula is C21H25FN2O4S. The van der Waals surface area contributed by atoms with Gasteiger partial charge in [0.05, 0.1) is 17.0 Å². The number of amides is 1. The predicted octanol–water partition coefficient (Wildman–Crippen LogP) is 2.95. The molecule has 2 aromatic rings. The third-order valence-corrected chi connectivity index (χ3v) is 6.67. The zero-order valence-electron chi connectivity index (χ0n) is 16.3. The molecule has 1 aliphatic carbocycles. The topological polar surface area (TPSA) is 84.5 Å². The van der Waals surface area contributed by atoms with Gasteiger partial charge in [-0.25, -0.2) is 17.5 Å². The molecule has 0 aromatic heterocycles. The van der Waals surface area contributed by atoms with Crippen LogP contribution >= 0.6 is 0 Å². The number of rotatable bonds is 8. The first-order valence-electron chi connectivity index (χ1n) is 9.54. The maximum Gasteiger partial charge on any atom is 0.252 e. The lowest BCUT2D eigenvalue weighted by molar-refractivity contribution is 0.0898. The van der Waals surface area contributed by atoms with Crippen molar-refractivity contribution >= 4 is 15.9 Å². The normalized spacial score (nSPS) is 15.9. The molecule has 0 unspecified atom stereocenters. The Morgan fingerprint density at radius 2 is 1.83 bits per heavy atom. The quantitative estimate of drug-likeness (QED) is 0.643. The van der Waals surface area contributed by atoms with E-state index < -0.39 is 15.6 Å². The van der Waals surface area contributed by atoms with Gasteiger partial charge in [0.15, 0.2) is 0 Å². The van der Waals surface area contributed by atoms with Crippen LogP contribution in [-0.2, 0) is 20.3 Å². The lowest BCUT2D eigenvalue weighted by Gasteiger charge is -2.31. The number of hydrogen-bond acceptors (Lipinski definition) is 4. The van der Waals surface area contributed by atoms with Gasteiger partial charge in [0.2, 0.25) is 10.0 Å². The van der Waals surface area contributed by atoms with Crippen molar-refractivity contribution in [1.82, 2.24) is 10.0 Å². The van der Waals surface area contributed by atoms with Gasteiger partial charge in [0.1, 0.15) is 5.82 Å². The van der Waals surface area contributed by atoms with Gasteiger partial charge in [-0.1, -0.05) is 31.0 Å². The third kappa shape index (κ3) is 5.01. The van der Waals surface area contributed by atoms with Crippen molar-refractivity contribution in [2.24, 2.45) is 0 Å². The highest BCUT2D eigenvalue weighted by Gasteiger charge is 2.37. The van der Waals surface area contributed by atoms with Crippen LogP contribution in [0.1, 0.15) is 41.6 Å². The van der Waals surface area contributed by atoms with Crippen LogP contribution in [0.5, 0.6) is 0 Å². The zero-order chi connectivity index (χ0) is 20.9. The summed E-state index contributed by atoms with van der Waals surface area (Å²) in [5.41, 5.74) is 0.541. The molecule has 1 fully saturated rings. The number of nitrogens with one attached hydrogen (secondary N) is 2. The minimum Gasteiger partial charge on any atom is -0.383 e. The molecule has 3 rings (SSSR count). The van der Waals surface area contributed by atoms with Gasteiger partial charge in [-0.15, -0.1) is 0 Å². The molecule has 0 atom stereocenters. The molecule has 1 amide bonds. The van der Waals surface area contributed by atoms with Gasteiger partial charge in [-0.2, -0.15) is 0 Å². The van der Waals surface area contributed by atoms with Crippen molar-refractivity contribution in [3.8, 4) is 0 Å². The molecule has 0 saturated heterocycles. The van der Waals surface area contributed by atoms with Gasteiger partial charge in [-0.3, -0.25) is 4.79 Å². The highest BCUT2D eigenvalue weighted by atomic mass is 32.2. The number of benzene rings is 2. The van der Waals surface area contributed by atoms with Crippen molar-refractivity contribution in [3.63, 3.8) is 0 Å². The van der Waals surface area contributed by atoms with Crippen molar-refractivity contribution in [2.75, 3.05) is 20.3 Å². The van der Waals surface area contributed by atoms with Gasteiger partial charge < -0.3 is 10.1 Å². The Kier molecular flexibility index (Phi) is 6.66. The first kappa shape index (κ1) is 21.4. The van der Waals surface area contributed by atoms with Crippen LogP contribution in [0.4, 0.5) is 4.39 Å². The fourth-order valence-corrected chi connectivity index (χ4v) is 4.75. The average molecular weight is 421 g/mol. The van der Waals surface area contributed by atoms with Crippen LogP contribution in [-0.4, -0.2) is 34.6 Å². The Hall–Kier alpha value is -2.29. The lowest BCUT2D eigenvalue weighted by Crippen LogP contribution is -2.43. The summed E-state index contributed by atoms with van der Waals surface area (Å²) in [6.07, 6.45) is 3.41. The third-order valence-electron chi connectivity index (χ3n) is 5.21. The van der Waals surface area contributed by atoms with E-state index in [4.69, 9.17) is 4.74 Å². The molecule has 0 bridgehead atoms. The van der Waals surface area contributed by atoms with E-state index in [1.54, 1.807) is 24.3 Å². The summed E-state index contributed by atoms with van der Waals surface area (Å²) in [4.78, 5) is 13.0. The van der Waals surface area contributed by atoms with Crippen LogP contribution in [0, 0.1) is 5.82 Å².